The molecule has 0 saturated carbocycles. The Kier molecular flexibility index (Phi) is 3.89. The van der Waals surface area contributed by atoms with E-state index in [-0.39, 0.29) is 12.1 Å². The minimum absolute atomic E-state index is 0.0650. The third kappa shape index (κ3) is 2.52. The average Bonchev–Trinajstić information content (AvgIpc) is 2.93. The molecule has 1 aromatic heterocycles. The summed E-state index contributed by atoms with van der Waals surface area (Å²) in [5.74, 6) is -1.60. The van der Waals surface area contributed by atoms with Gasteiger partial charge in [-0.2, -0.15) is 0 Å². The summed E-state index contributed by atoms with van der Waals surface area (Å²) in [6, 6.07) is 13.8. The van der Waals surface area contributed by atoms with Crippen molar-refractivity contribution in [1.29, 1.82) is 0 Å². The van der Waals surface area contributed by atoms with E-state index in [1.165, 1.54) is 0 Å². The number of hydrogen-bond donors (Lipinski definition) is 1. The van der Waals surface area contributed by atoms with E-state index in [0.717, 1.165) is 23.6 Å². The smallest absolute Gasteiger partial charge is 0.249 e. The molecule has 0 aliphatic rings. The first-order valence-corrected chi connectivity index (χ1v) is 8.28. The van der Waals surface area contributed by atoms with Gasteiger partial charge in [-0.15, -0.1) is 0 Å². The van der Waals surface area contributed by atoms with Crippen LogP contribution in [-0.4, -0.2) is 10.5 Å². The Morgan fingerprint density at radius 2 is 1.85 bits per heavy atom. The number of hydrogen-bond acceptors (Lipinski definition) is 1. The number of primary amides is 1. The Morgan fingerprint density at radius 1 is 1.08 bits per heavy atom. The fourth-order valence-electron chi connectivity index (χ4n) is 3.36. The lowest BCUT2D eigenvalue weighted by atomic mass is 10.1. The van der Waals surface area contributed by atoms with E-state index in [0.29, 0.717) is 27.0 Å². The molecule has 0 aliphatic carbocycles. The minimum Gasteiger partial charge on any atom is -0.366 e. The zero-order chi connectivity index (χ0) is 18.4. The molecule has 0 unspecified atom stereocenters. The second kappa shape index (κ2) is 6.11. The van der Waals surface area contributed by atoms with Gasteiger partial charge in [-0.25, -0.2) is 8.78 Å². The highest BCUT2D eigenvalue weighted by Crippen LogP contribution is 2.36. The van der Waals surface area contributed by atoms with E-state index in [2.05, 4.69) is 0 Å². The SMILES string of the molecule is NC(=O)c1cccc2c1c1cccc(Cl)c1n2Cc1cc(F)ccc1F. The largest absolute Gasteiger partial charge is 0.366 e. The Bertz CT molecular complexity index is 1180. The van der Waals surface area contributed by atoms with Gasteiger partial charge < -0.3 is 10.3 Å². The van der Waals surface area contributed by atoms with Crippen molar-refractivity contribution in [2.45, 2.75) is 6.54 Å². The Labute approximate surface area is 152 Å². The van der Waals surface area contributed by atoms with Crippen LogP contribution in [0.15, 0.2) is 54.6 Å². The second-order valence-electron chi connectivity index (χ2n) is 6.02. The highest BCUT2D eigenvalue weighted by Gasteiger charge is 2.19. The van der Waals surface area contributed by atoms with Crippen LogP contribution in [0, 0.1) is 11.6 Å². The number of carbonyl (C=O) groups is 1. The number of amides is 1. The van der Waals surface area contributed by atoms with E-state index < -0.39 is 17.5 Å². The molecule has 0 bridgehead atoms. The molecule has 130 valence electrons. The summed E-state index contributed by atoms with van der Waals surface area (Å²) in [6.07, 6.45) is 0. The fraction of sp³-hybridized carbons (Fsp3) is 0.0500. The minimum atomic E-state index is -0.563. The predicted molar refractivity (Wildman–Crippen MR) is 98.4 cm³/mol. The van der Waals surface area contributed by atoms with E-state index in [4.69, 9.17) is 17.3 Å². The molecule has 4 aromatic rings. The Hall–Kier alpha value is -2.92. The molecule has 6 heteroatoms. The normalized spacial score (nSPS) is 11.3. The van der Waals surface area contributed by atoms with Crippen molar-refractivity contribution in [2.24, 2.45) is 5.73 Å². The molecule has 0 spiro atoms. The number of para-hydroxylation sites is 1. The van der Waals surface area contributed by atoms with Gasteiger partial charge >= 0.3 is 0 Å². The summed E-state index contributed by atoms with van der Waals surface area (Å²) in [5.41, 5.74) is 7.38. The number of fused-ring (bicyclic) bond motifs is 3. The molecule has 3 aromatic carbocycles. The third-order valence-corrected chi connectivity index (χ3v) is 4.77. The van der Waals surface area contributed by atoms with Crippen molar-refractivity contribution in [3.63, 3.8) is 0 Å². The van der Waals surface area contributed by atoms with Gasteiger partial charge in [0.25, 0.3) is 0 Å². The van der Waals surface area contributed by atoms with Gasteiger partial charge in [0.1, 0.15) is 11.6 Å². The van der Waals surface area contributed by atoms with E-state index in [1.807, 2.05) is 6.07 Å². The molecule has 3 nitrogen and oxygen atoms in total. The molecule has 2 N–H and O–H groups in total. The van der Waals surface area contributed by atoms with Crippen LogP contribution < -0.4 is 5.73 Å². The summed E-state index contributed by atoms with van der Waals surface area (Å²) < 4.78 is 29.5. The van der Waals surface area contributed by atoms with Gasteiger partial charge in [0.05, 0.1) is 22.6 Å². The van der Waals surface area contributed by atoms with Crippen molar-refractivity contribution in [3.8, 4) is 0 Å². The molecule has 0 saturated heterocycles. The third-order valence-electron chi connectivity index (χ3n) is 4.46. The summed E-state index contributed by atoms with van der Waals surface area (Å²) >= 11 is 6.40. The van der Waals surface area contributed by atoms with Crippen LogP contribution in [0.25, 0.3) is 21.8 Å². The summed E-state index contributed by atoms with van der Waals surface area (Å²) in [5, 5.41) is 1.83. The number of aromatic nitrogens is 1. The summed E-state index contributed by atoms with van der Waals surface area (Å²) in [7, 11) is 0. The average molecular weight is 371 g/mol. The number of benzene rings is 3. The van der Waals surface area contributed by atoms with Crippen LogP contribution >= 0.6 is 11.6 Å². The quantitative estimate of drug-likeness (QED) is 0.549. The Balaban J connectivity index is 2.09. The number of nitrogens with two attached hydrogens (primary N) is 1. The first-order chi connectivity index (χ1) is 12.5. The first kappa shape index (κ1) is 16.5. The van der Waals surface area contributed by atoms with Crippen molar-refractivity contribution >= 4 is 39.3 Å². The van der Waals surface area contributed by atoms with Gasteiger partial charge in [0.15, 0.2) is 0 Å². The zero-order valence-electron chi connectivity index (χ0n) is 13.5. The number of carbonyl (C=O) groups excluding carboxylic acids is 1. The van der Waals surface area contributed by atoms with Gasteiger partial charge in [-0.3, -0.25) is 4.79 Å². The van der Waals surface area contributed by atoms with Gasteiger partial charge in [0, 0.05) is 21.9 Å². The van der Waals surface area contributed by atoms with Gasteiger partial charge in [-0.05, 0) is 36.4 Å². The summed E-state index contributed by atoms with van der Waals surface area (Å²) in [6.45, 7) is 0.0650. The van der Waals surface area contributed by atoms with Crippen molar-refractivity contribution in [3.05, 3.63) is 82.4 Å². The lowest BCUT2D eigenvalue weighted by Gasteiger charge is -2.10. The van der Waals surface area contributed by atoms with Crippen molar-refractivity contribution < 1.29 is 13.6 Å². The maximum absolute atomic E-state index is 14.2. The molecule has 0 fully saturated rings. The van der Waals surface area contributed by atoms with E-state index >= 15 is 0 Å². The maximum atomic E-state index is 14.2. The van der Waals surface area contributed by atoms with Crippen LogP contribution in [0.1, 0.15) is 15.9 Å². The van der Waals surface area contributed by atoms with E-state index in [9.17, 15) is 13.6 Å². The first-order valence-electron chi connectivity index (χ1n) is 7.90. The standard InChI is InChI=1S/C20H13ClF2N2O/c21-15-5-1-3-13-18-14(20(24)26)4-2-6-17(18)25(19(13)15)10-11-9-12(22)7-8-16(11)23/h1-9H,10H2,(H2,24,26). The number of nitrogens with zero attached hydrogens (tertiary/aromatic N) is 1. The van der Waals surface area contributed by atoms with Gasteiger partial charge in [0.2, 0.25) is 5.91 Å². The molecule has 1 amide bonds. The topological polar surface area (TPSA) is 48.0 Å². The maximum Gasteiger partial charge on any atom is 0.249 e. The van der Waals surface area contributed by atoms with Crippen LogP contribution in [0.3, 0.4) is 0 Å². The second-order valence-corrected chi connectivity index (χ2v) is 6.43. The molecule has 1 heterocycles. The number of rotatable bonds is 3. The predicted octanol–water partition coefficient (Wildman–Crippen LogP) is 4.87. The van der Waals surface area contributed by atoms with Crippen molar-refractivity contribution in [2.75, 3.05) is 0 Å². The molecule has 26 heavy (non-hydrogen) atoms. The highest BCUT2D eigenvalue weighted by molar-refractivity contribution is 6.37. The summed E-state index contributed by atoms with van der Waals surface area (Å²) in [4.78, 5) is 11.9. The molecular weight excluding hydrogens is 358 g/mol. The fourth-order valence-corrected chi connectivity index (χ4v) is 3.64. The lowest BCUT2D eigenvalue weighted by molar-refractivity contribution is 0.100. The molecular formula is C20H13ClF2N2O. The van der Waals surface area contributed by atoms with E-state index in [1.54, 1.807) is 34.9 Å². The molecule has 4 rings (SSSR count). The van der Waals surface area contributed by atoms with Crippen LogP contribution in [0.2, 0.25) is 5.02 Å². The lowest BCUT2D eigenvalue weighted by Crippen LogP contribution is -2.11. The molecule has 0 radical (unpaired) electrons. The Morgan fingerprint density at radius 3 is 2.62 bits per heavy atom. The molecule has 0 atom stereocenters. The number of halogens is 3. The molecule has 0 aliphatic heterocycles. The van der Waals surface area contributed by atoms with Crippen LogP contribution in [0.4, 0.5) is 8.78 Å². The van der Waals surface area contributed by atoms with Crippen molar-refractivity contribution in [1.82, 2.24) is 4.57 Å². The van der Waals surface area contributed by atoms with Crippen LogP contribution in [0.5, 0.6) is 0 Å². The highest BCUT2D eigenvalue weighted by atomic mass is 35.5. The van der Waals surface area contributed by atoms with Crippen LogP contribution in [-0.2, 0) is 6.54 Å². The van der Waals surface area contributed by atoms with Gasteiger partial charge in [-0.1, -0.05) is 29.8 Å². The zero-order valence-corrected chi connectivity index (χ0v) is 14.2. The monoisotopic (exact) mass is 370 g/mol.